The highest BCUT2D eigenvalue weighted by molar-refractivity contribution is 8.06. The average Bonchev–Trinajstić information content (AvgIpc) is 3.27. The van der Waals surface area contributed by atoms with Crippen molar-refractivity contribution in [3.63, 3.8) is 0 Å². The van der Waals surface area contributed by atoms with E-state index in [1.807, 2.05) is 35.7 Å². The first-order chi connectivity index (χ1) is 11.7. The summed E-state index contributed by atoms with van der Waals surface area (Å²) < 4.78 is 0. The lowest BCUT2D eigenvalue weighted by Crippen LogP contribution is -2.13. The second-order valence-corrected chi connectivity index (χ2v) is 7.02. The van der Waals surface area contributed by atoms with Crippen LogP contribution in [0.4, 0.5) is 5.95 Å². The van der Waals surface area contributed by atoms with Crippen molar-refractivity contribution in [1.29, 1.82) is 0 Å². The zero-order valence-corrected chi connectivity index (χ0v) is 14.4. The predicted molar refractivity (Wildman–Crippen MR) is 99.9 cm³/mol. The average molecular weight is 358 g/mol. The molecular weight excluding hydrogens is 342 g/mol. The van der Waals surface area contributed by atoms with E-state index in [-0.39, 0.29) is 0 Å². The Bertz CT molecular complexity index is 827. The molecule has 1 aromatic carbocycles. The number of aromatic nitrogens is 2. The van der Waals surface area contributed by atoms with Gasteiger partial charge in [-0.3, -0.25) is 0 Å². The minimum atomic E-state index is 0.506. The van der Waals surface area contributed by atoms with Crippen LogP contribution < -0.4 is 16.4 Å². The molecule has 1 aromatic heterocycles. The van der Waals surface area contributed by atoms with Crippen LogP contribution in [0.3, 0.4) is 0 Å². The van der Waals surface area contributed by atoms with Gasteiger partial charge in [0.05, 0.1) is 17.1 Å². The standard InChI is InChI=1S/C17H16ClN5S/c18-11-3-1-10(2-4-11)14-9-24-16(22-14)15(19)13-7-8-20-17(23-13)21-12-5-6-12/h1-4,7-9,12,22H,5-6,19H2,(H,20,21,23)/b16-15+. The quantitative estimate of drug-likeness (QED) is 0.775. The molecule has 1 aliphatic heterocycles. The van der Waals surface area contributed by atoms with Crippen LogP contribution in [0.15, 0.2) is 47.0 Å². The fourth-order valence-corrected chi connectivity index (χ4v) is 3.26. The van der Waals surface area contributed by atoms with Gasteiger partial charge in [0.2, 0.25) is 5.95 Å². The normalized spacial score (nSPS) is 18.8. The molecule has 0 saturated heterocycles. The van der Waals surface area contributed by atoms with E-state index in [9.17, 15) is 0 Å². The van der Waals surface area contributed by atoms with Crippen molar-refractivity contribution in [2.45, 2.75) is 18.9 Å². The highest BCUT2D eigenvalue weighted by atomic mass is 35.5. The number of rotatable bonds is 4. The van der Waals surface area contributed by atoms with E-state index in [1.165, 1.54) is 12.8 Å². The number of nitrogens with one attached hydrogen (secondary N) is 2. The van der Waals surface area contributed by atoms with Crippen LogP contribution >= 0.6 is 23.4 Å². The molecule has 7 heteroatoms. The van der Waals surface area contributed by atoms with E-state index < -0.39 is 0 Å². The van der Waals surface area contributed by atoms with Crippen LogP contribution in [0, 0.1) is 0 Å². The first-order valence-electron chi connectivity index (χ1n) is 7.68. The monoisotopic (exact) mass is 357 g/mol. The van der Waals surface area contributed by atoms with E-state index in [0.29, 0.717) is 23.4 Å². The topological polar surface area (TPSA) is 75.9 Å². The van der Waals surface area contributed by atoms with Crippen molar-refractivity contribution in [2.75, 3.05) is 5.32 Å². The Labute approximate surface area is 149 Å². The Morgan fingerprint density at radius 2 is 2.04 bits per heavy atom. The Balaban J connectivity index is 1.53. The molecule has 2 heterocycles. The summed E-state index contributed by atoms with van der Waals surface area (Å²) in [5, 5.41) is 10.3. The minimum Gasteiger partial charge on any atom is -0.395 e. The van der Waals surface area contributed by atoms with E-state index >= 15 is 0 Å². The third-order valence-electron chi connectivity index (χ3n) is 3.78. The van der Waals surface area contributed by atoms with Gasteiger partial charge in [0.1, 0.15) is 5.03 Å². The molecule has 0 spiro atoms. The molecule has 2 aliphatic rings. The summed E-state index contributed by atoms with van der Waals surface area (Å²) >= 11 is 7.49. The van der Waals surface area contributed by atoms with Gasteiger partial charge >= 0.3 is 0 Å². The summed E-state index contributed by atoms with van der Waals surface area (Å²) in [5.74, 6) is 0.632. The molecule has 5 nitrogen and oxygen atoms in total. The molecule has 1 aliphatic carbocycles. The van der Waals surface area contributed by atoms with Gasteiger partial charge in [-0.1, -0.05) is 35.5 Å². The molecule has 122 valence electrons. The molecule has 0 atom stereocenters. The van der Waals surface area contributed by atoms with E-state index in [1.54, 1.807) is 18.0 Å². The summed E-state index contributed by atoms with van der Waals surface area (Å²) in [5.41, 5.74) is 9.70. The summed E-state index contributed by atoms with van der Waals surface area (Å²) in [4.78, 5) is 8.75. The maximum Gasteiger partial charge on any atom is 0.223 e. The molecule has 0 bridgehead atoms. The van der Waals surface area contributed by atoms with Crippen LogP contribution in [0.25, 0.3) is 11.4 Å². The summed E-state index contributed by atoms with van der Waals surface area (Å²) in [6.45, 7) is 0. The Kier molecular flexibility index (Phi) is 4.08. The van der Waals surface area contributed by atoms with Gasteiger partial charge in [0.25, 0.3) is 0 Å². The molecule has 24 heavy (non-hydrogen) atoms. The van der Waals surface area contributed by atoms with Gasteiger partial charge in [0.15, 0.2) is 0 Å². The highest BCUT2D eigenvalue weighted by Gasteiger charge is 2.22. The first kappa shape index (κ1) is 15.4. The van der Waals surface area contributed by atoms with Crippen molar-refractivity contribution in [2.24, 2.45) is 5.73 Å². The molecule has 2 aromatic rings. The molecule has 1 saturated carbocycles. The van der Waals surface area contributed by atoms with E-state index in [4.69, 9.17) is 17.3 Å². The Morgan fingerprint density at radius 3 is 2.79 bits per heavy atom. The molecule has 4 rings (SSSR count). The van der Waals surface area contributed by atoms with Gasteiger partial charge in [-0.2, -0.15) is 0 Å². The van der Waals surface area contributed by atoms with Crippen LogP contribution in [-0.4, -0.2) is 16.0 Å². The van der Waals surface area contributed by atoms with Crippen LogP contribution in [0.2, 0.25) is 5.02 Å². The molecule has 1 fully saturated rings. The van der Waals surface area contributed by atoms with Gasteiger partial charge in [-0.25, -0.2) is 9.97 Å². The third-order valence-corrected chi connectivity index (χ3v) is 4.95. The van der Waals surface area contributed by atoms with Gasteiger partial charge in [0, 0.05) is 22.7 Å². The van der Waals surface area contributed by atoms with Crippen LogP contribution in [-0.2, 0) is 0 Å². The molecular formula is C17H16ClN5S. The number of anilines is 1. The highest BCUT2D eigenvalue weighted by Crippen LogP contribution is 2.33. The zero-order chi connectivity index (χ0) is 16.5. The maximum absolute atomic E-state index is 6.30. The lowest BCUT2D eigenvalue weighted by Gasteiger charge is -2.10. The number of hydrogen-bond donors (Lipinski definition) is 3. The van der Waals surface area contributed by atoms with Crippen LogP contribution in [0.1, 0.15) is 24.1 Å². The number of halogens is 1. The van der Waals surface area contributed by atoms with Crippen molar-refractivity contribution in [3.05, 3.63) is 63.2 Å². The lowest BCUT2D eigenvalue weighted by molar-refractivity contribution is 1.04. The van der Waals surface area contributed by atoms with Crippen molar-refractivity contribution in [3.8, 4) is 0 Å². The van der Waals surface area contributed by atoms with E-state index in [0.717, 1.165) is 21.3 Å². The summed E-state index contributed by atoms with van der Waals surface area (Å²) in [6.07, 6.45) is 4.08. The largest absolute Gasteiger partial charge is 0.395 e. The lowest BCUT2D eigenvalue weighted by atomic mass is 10.2. The summed E-state index contributed by atoms with van der Waals surface area (Å²) in [6, 6.07) is 10.0. The number of nitrogens with two attached hydrogens (primary N) is 1. The van der Waals surface area contributed by atoms with E-state index in [2.05, 4.69) is 20.6 Å². The number of hydrogen-bond acceptors (Lipinski definition) is 6. The van der Waals surface area contributed by atoms with Gasteiger partial charge in [-0.05, 0) is 36.6 Å². The van der Waals surface area contributed by atoms with Crippen molar-refractivity contribution < 1.29 is 0 Å². The first-order valence-corrected chi connectivity index (χ1v) is 8.94. The fraction of sp³-hybridized carbons (Fsp3) is 0.176. The Hall–Kier alpha value is -2.18. The second kappa shape index (κ2) is 6.37. The number of benzene rings is 1. The molecule has 0 radical (unpaired) electrons. The smallest absolute Gasteiger partial charge is 0.223 e. The predicted octanol–water partition coefficient (Wildman–Crippen LogP) is 3.62. The van der Waals surface area contributed by atoms with Gasteiger partial charge < -0.3 is 16.4 Å². The fourth-order valence-electron chi connectivity index (χ4n) is 2.30. The maximum atomic E-state index is 6.30. The minimum absolute atomic E-state index is 0.506. The van der Waals surface area contributed by atoms with Crippen LogP contribution in [0.5, 0.6) is 0 Å². The summed E-state index contributed by atoms with van der Waals surface area (Å²) in [7, 11) is 0. The zero-order valence-electron chi connectivity index (χ0n) is 12.8. The second-order valence-electron chi connectivity index (χ2n) is 5.71. The van der Waals surface area contributed by atoms with Crippen molar-refractivity contribution in [1.82, 2.24) is 15.3 Å². The molecule has 0 unspecified atom stereocenters. The Morgan fingerprint density at radius 1 is 1.25 bits per heavy atom. The third kappa shape index (κ3) is 3.34. The molecule has 4 N–H and O–H groups in total. The van der Waals surface area contributed by atoms with Gasteiger partial charge in [-0.15, -0.1) is 0 Å². The van der Waals surface area contributed by atoms with Crippen molar-refractivity contribution >= 4 is 40.7 Å². The number of thioether (sulfide) groups is 1. The number of nitrogens with zero attached hydrogens (tertiary/aromatic N) is 2. The molecule has 0 amide bonds. The SMILES string of the molecule is N/C(=C1\NC(c2ccc(Cl)cc2)=CS1)c1ccnc(NC2CC2)n1.